The Morgan fingerprint density at radius 2 is 2.18 bits per heavy atom. The molecule has 1 aromatic rings. The molecule has 7 heteroatoms. The summed E-state index contributed by atoms with van der Waals surface area (Å²) in [5, 5.41) is -0.543. The lowest BCUT2D eigenvalue weighted by Gasteiger charge is -2.10. The SMILES string of the molecule is CCOC(=O)Cc1cnc(Cl)c(Cl)c1C(F)F. The van der Waals surface area contributed by atoms with Crippen LogP contribution in [0.4, 0.5) is 8.78 Å². The van der Waals surface area contributed by atoms with Crippen molar-refractivity contribution in [3.05, 3.63) is 27.5 Å². The molecule has 0 N–H and O–H groups in total. The van der Waals surface area contributed by atoms with Gasteiger partial charge in [0.2, 0.25) is 0 Å². The van der Waals surface area contributed by atoms with Crippen molar-refractivity contribution in [1.82, 2.24) is 4.98 Å². The van der Waals surface area contributed by atoms with Gasteiger partial charge in [-0.1, -0.05) is 23.2 Å². The van der Waals surface area contributed by atoms with E-state index in [4.69, 9.17) is 23.2 Å². The van der Waals surface area contributed by atoms with Gasteiger partial charge in [0.25, 0.3) is 6.43 Å². The van der Waals surface area contributed by atoms with Crippen LogP contribution in [-0.4, -0.2) is 17.6 Å². The van der Waals surface area contributed by atoms with E-state index in [1.807, 2.05) is 0 Å². The zero-order chi connectivity index (χ0) is 13.0. The van der Waals surface area contributed by atoms with Gasteiger partial charge in [0, 0.05) is 11.8 Å². The molecule has 0 bridgehead atoms. The largest absolute Gasteiger partial charge is 0.466 e. The Hall–Kier alpha value is -0.940. The van der Waals surface area contributed by atoms with Crippen LogP contribution >= 0.6 is 23.2 Å². The average molecular weight is 284 g/mol. The van der Waals surface area contributed by atoms with Crippen LogP contribution in [-0.2, 0) is 16.0 Å². The molecule has 0 aliphatic rings. The first-order chi connectivity index (χ1) is 7.97. The van der Waals surface area contributed by atoms with Gasteiger partial charge < -0.3 is 4.74 Å². The molecule has 0 aliphatic heterocycles. The predicted molar refractivity (Wildman–Crippen MR) is 59.6 cm³/mol. The van der Waals surface area contributed by atoms with E-state index < -0.39 is 18.0 Å². The molecule has 0 amide bonds. The molecular weight excluding hydrogens is 275 g/mol. The number of aromatic nitrogens is 1. The van der Waals surface area contributed by atoms with Gasteiger partial charge in [0.1, 0.15) is 5.15 Å². The number of carbonyl (C=O) groups excluding carboxylic acids is 1. The zero-order valence-electron chi connectivity index (χ0n) is 8.84. The van der Waals surface area contributed by atoms with E-state index in [2.05, 4.69) is 9.72 Å². The summed E-state index contributed by atoms with van der Waals surface area (Å²) in [5.74, 6) is -0.616. The minimum atomic E-state index is -2.83. The maximum Gasteiger partial charge on any atom is 0.310 e. The molecule has 1 aromatic heterocycles. The Morgan fingerprint density at radius 3 is 2.71 bits per heavy atom. The molecule has 0 fully saturated rings. The van der Waals surface area contributed by atoms with Gasteiger partial charge in [0.05, 0.1) is 18.1 Å². The number of hydrogen-bond acceptors (Lipinski definition) is 3. The fourth-order valence-corrected chi connectivity index (χ4v) is 1.66. The highest BCUT2D eigenvalue weighted by molar-refractivity contribution is 6.41. The lowest BCUT2D eigenvalue weighted by atomic mass is 10.1. The van der Waals surface area contributed by atoms with Crippen molar-refractivity contribution in [1.29, 1.82) is 0 Å². The summed E-state index contributed by atoms with van der Waals surface area (Å²) < 4.78 is 30.2. The summed E-state index contributed by atoms with van der Waals surface area (Å²) in [4.78, 5) is 14.8. The van der Waals surface area contributed by atoms with Gasteiger partial charge in [-0.15, -0.1) is 0 Å². The molecule has 0 aliphatic carbocycles. The predicted octanol–water partition coefficient (Wildman–Crippen LogP) is 3.43. The number of esters is 1. The first-order valence-corrected chi connectivity index (χ1v) is 5.49. The van der Waals surface area contributed by atoms with Gasteiger partial charge in [-0.05, 0) is 12.5 Å². The smallest absolute Gasteiger partial charge is 0.310 e. The second kappa shape index (κ2) is 6.12. The third kappa shape index (κ3) is 3.51. The maximum absolute atomic E-state index is 12.8. The Labute approximate surface area is 107 Å². The van der Waals surface area contributed by atoms with E-state index in [1.165, 1.54) is 0 Å². The summed E-state index contributed by atoms with van der Waals surface area (Å²) in [7, 11) is 0. The second-order valence-electron chi connectivity index (χ2n) is 3.08. The quantitative estimate of drug-likeness (QED) is 0.628. The van der Waals surface area contributed by atoms with E-state index >= 15 is 0 Å². The van der Waals surface area contributed by atoms with Gasteiger partial charge in [-0.25, -0.2) is 13.8 Å². The van der Waals surface area contributed by atoms with Crippen LogP contribution in [0.2, 0.25) is 10.2 Å². The third-order valence-electron chi connectivity index (χ3n) is 1.96. The average Bonchev–Trinajstić information content (AvgIpc) is 2.23. The lowest BCUT2D eigenvalue weighted by molar-refractivity contribution is -0.142. The molecule has 0 spiro atoms. The molecule has 0 radical (unpaired) electrons. The van der Waals surface area contributed by atoms with E-state index in [0.29, 0.717) is 0 Å². The molecular formula is C10H9Cl2F2NO2. The second-order valence-corrected chi connectivity index (χ2v) is 3.82. The number of nitrogens with zero attached hydrogens (tertiary/aromatic N) is 1. The number of ether oxygens (including phenoxy) is 1. The minimum Gasteiger partial charge on any atom is -0.466 e. The Morgan fingerprint density at radius 1 is 1.53 bits per heavy atom. The van der Waals surface area contributed by atoms with Gasteiger partial charge in [-0.2, -0.15) is 0 Å². The maximum atomic E-state index is 12.8. The number of carbonyl (C=O) groups is 1. The van der Waals surface area contributed by atoms with Crippen molar-refractivity contribution in [2.24, 2.45) is 0 Å². The summed E-state index contributed by atoms with van der Waals surface area (Å²) in [6, 6.07) is 0. The highest BCUT2D eigenvalue weighted by Crippen LogP contribution is 2.34. The monoisotopic (exact) mass is 283 g/mol. The molecule has 0 atom stereocenters. The molecule has 3 nitrogen and oxygen atoms in total. The standard InChI is InChI=1S/C10H9Cl2F2NO2/c1-2-17-6(16)3-5-4-15-9(12)8(11)7(5)10(13)14/h4,10H,2-3H2,1H3. The fraction of sp³-hybridized carbons (Fsp3) is 0.400. The van der Waals surface area contributed by atoms with Crippen molar-refractivity contribution in [3.63, 3.8) is 0 Å². The molecule has 1 heterocycles. The number of hydrogen-bond donors (Lipinski definition) is 0. The molecule has 1 rings (SSSR count). The molecule has 0 saturated heterocycles. The van der Waals surface area contributed by atoms with E-state index in [1.54, 1.807) is 6.92 Å². The van der Waals surface area contributed by atoms with E-state index in [-0.39, 0.29) is 28.8 Å². The summed E-state index contributed by atoms with van der Waals surface area (Å²) in [5.41, 5.74) is -0.451. The van der Waals surface area contributed by atoms with Gasteiger partial charge in [0.15, 0.2) is 0 Å². The third-order valence-corrected chi connectivity index (χ3v) is 2.72. The van der Waals surface area contributed by atoms with Crippen molar-refractivity contribution in [2.45, 2.75) is 19.8 Å². The fourth-order valence-electron chi connectivity index (χ4n) is 1.26. The summed E-state index contributed by atoms with van der Waals surface area (Å²) in [6.07, 6.45) is -2.03. The van der Waals surface area contributed by atoms with Crippen molar-refractivity contribution in [2.75, 3.05) is 6.61 Å². The minimum absolute atomic E-state index is 0.0212. The van der Waals surface area contributed by atoms with Crippen LogP contribution in [0.15, 0.2) is 6.20 Å². The Balaban J connectivity index is 3.07. The van der Waals surface area contributed by atoms with Crippen molar-refractivity contribution < 1.29 is 18.3 Å². The highest BCUT2D eigenvalue weighted by atomic mass is 35.5. The summed E-state index contributed by atoms with van der Waals surface area (Å²) in [6.45, 7) is 1.80. The van der Waals surface area contributed by atoms with Crippen LogP contribution in [0.3, 0.4) is 0 Å². The van der Waals surface area contributed by atoms with Crippen LogP contribution in [0.5, 0.6) is 0 Å². The van der Waals surface area contributed by atoms with Crippen molar-refractivity contribution >= 4 is 29.2 Å². The Kier molecular flexibility index (Phi) is 5.08. The summed E-state index contributed by atoms with van der Waals surface area (Å²) >= 11 is 11.2. The van der Waals surface area contributed by atoms with Gasteiger partial charge in [-0.3, -0.25) is 4.79 Å². The molecule has 0 unspecified atom stereocenters. The zero-order valence-corrected chi connectivity index (χ0v) is 10.4. The molecule has 94 valence electrons. The molecule has 0 aromatic carbocycles. The molecule has 17 heavy (non-hydrogen) atoms. The molecule has 0 saturated carbocycles. The topological polar surface area (TPSA) is 39.2 Å². The number of pyridine rings is 1. The number of halogens is 4. The number of alkyl halides is 2. The van der Waals surface area contributed by atoms with Gasteiger partial charge >= 0.3 is 5.97 Å². The lowest BCUT2D eigenvalue weighted by Crippen LogP contribution is -2.10. The normalized spacial score (nSPS) is 10.7. The van der Waals surface area contributed by atoms with Crippen LogP contribution in [0.25, 0.3) is 0 Å². The van der Waals surface area contributed by atoms with Crippen molar-refractivity contribution in [3.8, 4) is 0 Å². The van der Waals surface area contributed by atoms with E-state index in [0.717, 1.165) is 6.20 Å². The first-order valence-electron chi connectivity index (χ1n) is 4.73. The van der Waals surface area contributed by atoms with E-state index in [9.17, 15) is 13.6 Å². The Bertz CT molecular complexity index is 427. The number of rotatable bonds is 4. The van der Waals surface area contributed by atoms with Crippen LogP contribution in [0.1, 0.15) is 24.5 Å². The van der Waals surface area contributed by atoms with Crippen LogP contribution < -0.4 is 0 Å². The first kappa shape index (κ1) is 14.1. The highest BCUT2D eigenvalue weighted by Gasteiger charge is 2.22. The van der Waals surface area contributed by atoms with Crippen LogP contribution in [0, 0.1) is 0 Å².